The normalized spacial score (nSPS) is 15.5. The van der Waals surface area contributed by atoms with Crippen LogP contribution in [0.3, 0.4) is 0 Å². The van der Waals surface area contributed by atoms with Crippen LogP contribution in [0.25, 0.3) is 0 Å². The molecule has 0 saturated carbocycles. The molecule has 2 aromatic rings. The molecule has 24 heavy (non-hydrogen) atoms. The summed E-state index contributed by atoms with van der Waals surface area (Å²) < 4.78 is 17.3. The minimum absolute atomic E-state index is 0.529. The van der Waals surface area contributed by atoms with Crippen molar-refractivity contribution in [3.05, 3.63) is 54.1 Å². The summed E-state index contributed by atoms with van der Waals surface area (Å²) in [4.78, 5) is 0. The molecule has 0 aliphatic carbocycles. The van der Waals surface area contributed by atoms with Gasteiger partial charge in [0, 0.05) is 19.3 Å². The highest BCUT2D eigenvalue weighted by molar-refractivity contribution is 5.38. The average Bonchev–Trinajstić information content (AvgIpc) is 2.62. The van der Waals surface area contributed by atoms with Gasteiger partial charge in [0.25, 0.3) is 0 Å². The third kappa shape index (κ3) is 4.75. The zero-order valence-corrected chi connectivity index (χ0v) is 14.5. The molecule has 0 unspecified atom stereocenters. The largest absolute Gasteiger partial charge is 0.493 e. The standard InChI is InChI=1S/C21H26O3/c1-16(2)18-6-8-19(9-7-18)24-21-5-3-4-20(14-21)23-15-17-10-12-22-13-11-17/h3-9,14,16-17H,10-13,15H2,1-2H3. The maximum atomic E-state index is 5.95. The van der Waals surface area contributed by atoms with Crippen molar-refractivity contribution < 1.29 is 14.2 Å². The molecule has 0 aromatic heterocycles. The first-order chi connectivity index (χ1) is 11.7. The van der Waals surface area contributed by atoms with E-state index in [1.165, 1.54) is 5.56 Å². The highest BCUT2D eigenvalue weighted by Gasteiger charge is 2.14. The molecule has 3 nitrogen and oxygen atoms in total. The van der Waals surface area contributed by atoms with Crippen LogP contribution in [-0.4, -0.2) is 19.8 Å². The van der Waals surface area contributed by atoms with Crippen LogP contribution in [0.2, 0.25) is 0 Å². The predicted octanol–water partition coefficient (Wildman–Crippen LogP) is 5.41. The molecule has 3 heteroatoms. The van der Waals surface area contributed by atoms with Gasteiger partial charge in [-0.05, 0) is 54.5 Å². The van der Waals surface area contributed by atoms with Crippen LogP contribution in [-0.2, 0) is 4.74 Å². The zero-order chi connectivity index (χ0) is 16.8. The first kappa shape index (κ1) is 16.8. The van der Waals surface area contributed by atoms with Gasteiger partial charge in [0.15, 0.2) is 0 Å². The van der Waals surface area contributed by atoms with E-state index in [-0.39, 0.29) is 0 Å². The molecule has 0 spiro atoms. The molecule has 0 atom stereocenters. The number of benzene rings is 2. The molecule has 2 aromatic carbocycles. The van der Waals surface area contributed by atoms with E-state index in [4.69, 9.17) is 14.2 Å². The predicted molar refractivity (Wildman–Crippen MR) is 96.1 cm³/mol. The van der Waals surface area contributed by atoms with Crippen LogP contribution in [0.4, 0.5) is 0 Å². The summed E-state index contributed by atoms with van der Waals surface area (Å²) in [5.74, 6) is 3.63. The summed E-state index contributed by atoms with van der Waals surface area (Å²) in [6.07, 6.45) is 2.16. The highest BCUT2D eigenvalue weighted by Crippen LogP contribution is 2.27. The van der Waals surface area contributed by atoms with E-state index in [0.717, 1.165) is 49.9 Å². The van der Waals surface area contributed by atoms with Crippen molar-refractivity contribution in [1.82, 2.24) is 0 Å². The lowest BCUT2D eigenvalue weighted by molar-refractivity contribution is 0.0497. The van der Waals surface area contributed by atoms with Crippen molar-refractivity contribution in [2.75, 3.05) is 19.8 Å². The Morgan fingerprint density at radius 2 is 1.67 bits per heavy atom. The third-order valence-electron chi connectivity index (χ3n) is 4.41. The van der Waals surface area contributed by atoms with Gasteiger partial charge in [-0.1, -0.05) is 32.0 Å². The second-order valence-corrected chi connectivity index (χ2v) is 6.67. The fraction of sp³-hybridized carbons (Fsp3) is 0.429. The number of hydrogen-bond donors (Lipinski definition) is 0. The lowest BCUT2D eigenvalue weighted by atomic mass is 10.0. The second-order valence-electron chi connectivity index (χ2n) is 6.67. The van der Waals surface area contributed by atoms with E-state index in [0.29, 0.717) is 11.8 Å². The number of ether oxygens (including phenoxy) is 3. The quantitative estimate of drug-likeness (QED) is 0.710. The number of rotatable bonds is 6. The van der Waals surface area contributed by atoms with Crippen LogP contribution in [0.1, 0.15) is 38.2 Å². The molecule has 1 saturated heterocycles. The first-order valence-electron chi connectivity index (χ1n) is 8.79. The van der Waals surface area contributed by atoms with E-state index in [9.17, 15) is 0 Å². The minimum atomic E-state index is 0.529. The topological polar surface area (TPSA) is 27.7 Å². The fourth-order valence-electron chi connectivity index (χ4n) is 2.81. The lowest BCUT2D eigenvalue weighted by Crippen LogP contribution is -2.21. The van der Waals surface area contributed by atoms with Gasteiger partial charge in [0.1, 0.15) is 17.2 Å². The van der Waals surface area contributed by atoms with Gasteiger partial charge in [0.2, 0.25) is 0 Å². The Morgan fingerprint density at radius 3 is 2.38 bits per heavy atom. The Hall–Kier alpha value is -2.00. The Bertz CT molecular complexity index is 628. The lowest BCUT2D eigenvalue weighted by Gasteiger charge is -2.22. The van der Waals surface area contributed by atoms with Crippen LogP contribution in [0.15, 0.2) is 48.5 Å². The summed E-state index contributed by atoms with van der Waals surface area (Å²) in [6, 6.07) is 16.1. The Labute approximate surface area is 144 Å². The van der Waals surface area contributed by atoms with E-state index in [2.05, 4.69) is 26.0 Å². The molecule has 1 aliphatic rings. The third-order valence-corrected chi connectivity index (χ3v) is 4.41. The maximum absolute atomic E-state index is 5.95. The molecule has 3 rings (SSSR count). The van der Waals surface area contributed by atoms with E-state index in [1.807, 2.05) is 36.4 Å². The van der Waals surface area contributed by atoms with Crippen LogP contribution in [0.5, 0.6) is 17.2 Å². The molecule has 128 valence electrons. The molecular weight excluding hydrogens is 300 g/mol. The van der Waals surface area contributed by atoms with Gasteiger partial charge in [-0.25, -0.2) is 0 Å². The maximum Gasteiger partial charge on any atom is 0.131 e. The van der Waals surface area contributed by atoms with Gasteiger partial charge in [-0.15, -0.1) is 0 Å². The SMILES string of the molecule is CC(C)c1ccc(Oc2cccc(OCC3CCOCC3)c2)cc1. The summed E-state index contributed by atoms with van der Waals surface area (Å²) in [6.45, 7) is 6.83. The minimum Gasteiger partial charge on any atom is -0.493 e. The van der Waals surface area contributed by atoms with Crippen LogP contribution >= 0.6 is 0 Å². The van der Waals surface area contributed by atoms with Gasteiger partial charge in [-0.2, -0.15) is 0 Å². The zero-order valence-electron chi connectivity index (χ0n) is 14.5. The average molecular weight is 326 g/mol. The Morgan fingerprint density at radius 1 is 0.958 bits per heavy atom. The molecule has 0 amide bonds. The van der Waals surface area contributed by atoms with Crippen molar-refractivity contribution >= 4 is 0 Å². The molecule has 1 heterocycles. The Kier molecular flexibility index (Phi) is 5.76. The van der Waals surface area contributed by atoms with Crippen molar-refractivity contribution in [2.45, 2.75) is 32.6 Å². The smallest absolute Gasteiger partial charge is 0.131 e. The fourth-order valence-corrected chi connectivity index (χ4v) is 2.81. The molecule has 0 bridgehead atoms. The molecule has 0 radical (unpaired) electrons. The monoisotopic (exact) mass is 326 g/mol. The summed E-state index contributed by atoms with van der Waals surface area (Å²) >= 11 is 0. The van der Waals surface area contributed by atoms with Gasteiger partial charge in [-0.3, -0.25) is 0 Å². The molecular formula is C21H26O3. The summed E-state index contributed by atoms with van der Waals surface area (Å²) in [5.41, 5.74) is 1.32. The summed E-state index contributed by atoms with van der Waals surface area (Å²) in [5, 5.41) is 0. The van der Waals surface area contributed by atoms with Crippen molar-refractivity contribution in [2.24, 2.45) is 5.92 Å². The van der Waals surface area contributed by atoms with Crippen molar-refractivity contribution in [3.63, 3.8) is 0 Å². The van der Waals surface area contributed by atoms with Gasteiger partial charge < -0.3 is 14.2 Å². The number of hydrogen-bond acceptors (Lipinski definition) is 3. The van der Waals surface area contributed by atoms with Gasteiger partial charge >= 0.3 is 0 Å². The van der Waals surface area contributed by atoms with Crippen LogP contribution in [0, 0.1) is 5.92 Å². The molecule has 1 fully saturated rings. The van der Waals surface area contributed by atoms with Crippen LogP contribution < -0.4 is 9.47 Å². The molecule has 0 N–H and O–H groups in total. The van der Waals surface area contributed by atoms with Crippen molar-refractivity contribution in [3.8, 4) is 17.2 Å². The summed E-state index contributed by atoms with van der Waals surface area (Å²) in [7, 11) is 0. The second kappa shape index (κ2) is 8.20. The van der Waals surface area contributed by atoms with Crippen molar-refractivity contribution in [1.29, 1.82) is 0 Å². The highest BCUT2D eigenvalue weighted by atomic mass is 16.5. The Balaban J connectivity index is 1.58. The first-order valence-corrected chi connectivity index (χ1v) is 8.79. The van der Waals surface area contributed by atoms with E-state index >= 15 is 0 Å². The van der Waals surface area contributed by atoms with E-state index < -0.39 is 0 Å². The molecule has 1 aliphatic heterocycles. The van der Waals surface area contributed by atoms with Gasteiger partial charge in [0.05, 0.1) is 6.61 Å². The van der Waals surface area contributed by atoms with E-state index in [1.54, 1.807) is 0 Å².